The van der Waals surface area contributed by atoms with Gasteiger partial charge in [0.15, 0.2) is 15.5 Å². The highest BCUT2D eigenvalue weighted by atomic mass is 35.5. The molecule has 0 radical (unpaired) electrons. The highest BCUT2D eigenvalue weighted by Crippen LogP contribution is 2.43. The van der Waals surface area contributed by atoms with Gasteiger partial charge in [-0.05, 0) is 57.2 Å². The lowest BCUT2D eigenvalue weighted by molar-refractivity contribution is -0.211. The standard InChI is InChI=1S/C27H35ClF5N3O5S/c1-6-36-22(17-8-7-15(11-19(17)41-24(29)30)12-25(2,3)27(31,32)33)20(28)21(35-36)23(38)34-14-16-9-10-26(4,13-18(16)37)42(5,39)40/h7-8,11,16,18,24,37H,6,9-10,12-14H2,1-5H3,(H,34,38)/t16-,18+,26+/m0/s1. The van der Waals surface area contributed by atoms with Crippen molar-refractivity contribution in [2.24, 2.45) is 11.3 Å². The highest BCUT2D eigenvalue weighted by molar-refractivity contribution is 7.92. The second-order valence-corrected chi connectivity index (χ2v) is 14.5. The minimum atomic E-state index is -4.54. The number of sulfone groups is 1. The van der Waals surface area contributed by atoms with Gasteiger partial charge in [-0.3, -0.25) is 9.48 Å². The first-order chi connectivity index (χ1) is 19.2. The van der Waals surface area contributed by atoms with E-state index in [-0.39, 0.29) is 47.0 Å². The maximum atomic E-state index is 13.4. The van der Waals surface area contributed by atoms with Crippen molar-refractivity contribution in [3.63, 3.8) is 0 Å². The summed E-state index contributed by atoms with van der Waals surface area (Å²) in [4.78, 5) is 13.1. The van der Waals surface area contributed by atoms with Crippen LogP contribution in [0.25, 0.3) is 11.3 Å². The average Bonchev–Trinajstić information content (AvgIpc) is 3.17. The number of nitrogens with zero attached hydrogens (tertiary/aromatic N) is 2. The maximum absolute atomic E-state index is 13.4. The molecule has 1 amide bonds. The fourth-order valence-corrected chi connectivity index (χ4v) is 6.31. The number of hydrogen-bond acceptors (Lipinski definition) is 6. The summed E-state index contributed by atoms with van der Waals surface area (Å²) >= 11 is 6.54. The second-order valence-electron chi connectivity index (χ2n) is 11.6. The first-order valence-corrected chi connectivity index (χ1v) is 15.5. The van der Waals surface area contributed by atoms with E-state index in [1.54, 1.807) is 13.8 Å². The summed E-state index contributed by atoms with van der Waals surface area (Å²) in [6.45, 7) is 2.12. The first kappa shape index (κ1) is 34.0. The molecule has 3 atom stereocenters. The fourth-order valence-electron chi connectivity index (χ4n) is 5.02. The van der Waals surface area contributed by atoms with Crippen molar-refractivity contribution in [3.8, 4) is 17.0 Å². The van der Waals surface area contributed by atoms with E-state index in [0.717, 1.165) is 26.2 Å². The van der Waals surface area contributed by atoms with Crippen LogP contribution in [0.2, 0.25) is 5.02 Å². The van der Waals surface area contributed by atoms with Crippen LogP contribution in [0.5, 0.6) is 5.75 Å². The van der Waals surface area contributed by atoms with Gasteiger partial charge in [0, 0.05) is 30.8 Å². The minimum Gasteiger partial charge on any atom is -0.434 e. The van der Waals surface area contributed by atoms with Gasteiger partial charge in [0.2, 0.25) is 0 Å². The number of aryl methyl sites for hydroxylation is 1. The maximum Gasteiger partial charge on any atom is 0.394 e. The number of rotatable bonds is 10. The van der Waals surface area contributed by atoms with Crippen LogP contribution in [0.4, 0.5) is 22.0 Å². The molecule has 2 aromatic rings. The normalized spacial score (nSPS) is 21.9. The zero-order valence-electron chi connectivity index (χ0n) is 23.9. The number of aliphatic hydroxyl groups is 1. The van der Waals surface area contributed by atoms with Gasteiger partial charge in [-0.15, -0.1) is 0 Å². The molecular formula is C27H35ClF5N3O5S. The highest BCUT2D eigenvalue weighted by Gasteiger charge is 2.47. The van der Waals surface area contributed by atoms with Gasteiger partial charge >= 0.3 is 12.8 Å². The molecule has 0 bridgehead atoms. The van der Waals surface area contributed by atoms with E-state index >= 15 is 0 Å². The van der Waals surface area contributed by atoms with Gasteiger partial charge < -0.3 is 15.2 Å². The van der Waals surface area contributed by atoms with Crippen molar-refractivity contribution >= 4 is 27.3 Å². The lowest BCUT2D eigenvalue weighted by Gasteiger charge is -2.39. The van der Waals surface area contributed by atoms with Crippen molar-refractivity contribution in [3.05, 3.63) is 34.5 Å². The third-order valence-electron chi connectivity index (χ3n) is 7.99. The number of aromatic nitrogens is 2. The molecule has 2 N–H and O–H groups in total. The summed E-state index contributed by atoms with van der Waals surface area (Å²) in [6.07, 6.45) is -4.22. The van der Waals surface area contributed by atoms with Crippen molar-refractivity contribution in [1.82, 2.24) is 15.1 Å². The zero-order chi connectivity index (χ0) is 31.8. The number of nitrogens with one attached hydrogen (secondary N) is 1. The average molecular weight is 644 g/mol. The molecule has 1 fully saturated rings. The molecule has 15 heteroatoms. The molecule has 1 aliphatic carbocycles. The lowest BCUT2D eigenvalue weighted by atomic mass is 9.80. The van der Waals surface area contributed by atoms with Gasteiger partial charge in [0.1, 0.15) is 5.75 Å². The van der Waals surface area contributed by atoms with Crippen LogP contribution in [0, 0.1) is 11.3 Å². The smallest absolute Gasteiger partial charge is 0.394 e. The molecule has 1 aromatic carbocycles. The quantitative estimate of drug-likeness (QED) is 0.324. The van der Waals surface area contributed by atoms with E-state index in [1.165, 1.54) is 16.8 Å². The molecule has 1 heterocycles. The van der Waals surface area contributed by atoms with E-state index in [4.69, 9.17) is 11.6 Å². The molecule has 42 heavy (non-hydrogen) atoms. The Hall–Kier alpha value is -2.45. The molecule has 0 saturated heterocycles. The number of carbonyl (C=O) groups is 1. The van der Waals surface area contributed by atoms with Crippen LogP contribution in [-0.4, -0.2) is 65.7 Å². The molecular weight excluding hydrogens is 609 g/mol. The number of alkyl halides is 5. The monoisotopic (exact) mass is 643 g/mol. The van der Waals surface area contributed by atoms with Crippen LogP contribution < -0.4 is 10.1 Å². The van der Waals surface area contributed by atoms with Crippen molar-refractivity contribution in [1.29, 1.82) is 0 Å². The van der Waals surface area contributed by atoms with Crippen LogP contribution >= 0.6 is 11.6 Å². The van der Waals surface area contributed by atoms with E-state index in [2.05, 4.69) is 15.2 Å². The molecule has 236 valence electrons. The predicted molar refractivity (Wildman–Crippen MR) is 147 cm³/mol. The Kier molecular flexibility index (Phi) is 9.95. The molecule has 1 saturated carbocycles. The molecule has 0 aliphatic heterocycles. The Bertz CT molecular complexity index is 1410. The zero-order valence-corrected chi connectivity index (χ0v) is 25.4. The van der Waals surface area contributed by atoms with Gasteiger partial charge in [-0.25, -0.2) is 8.42 Å². The van der Waals surface area contributed by atoms with Crippen molar-refractivity contribution < 1.29 is 45.0 Å². The predicted octanol–water partition coefficient (Wildman–Crippen LogP) is 5.65. The Morgan fingerprint density at radius 2 is 1.95 bits per heavy atom. The molecule has 0 spiro atoms. The summed E-state index contributed by atoms with van der Waals surface area (Å²) in [5.74, 6) is -1.56. The van der Waals surface area contributed by atoms with Gasteiger partial charge in [-0.1, -0.05) is 31.5 Å². The summed E-state index contributed by atoms with van der Waals surface area (Å²) in [5.41, 5.74) is -2.20. The SMILES string of the molecule is CCn1nc(C(=O)NC[C@@H]2CC[C@@](C)(S(C)(=O)=O)C[C@H]2O)c(Cl)c1-c1ccc(CC(C)(C)C(F)(F)F)cc1OC(F)F. The molecule has 1 aliphatic rings. The minimum absolute atomic E-state index is 0.00466. The number of benzene rings is 1. The third kappa shape index (κ3) is 7.19. The van der Waals surface area contributed by atoms with Crippen LogP contribution in [0.1, 0.15) is 63.0 Å². The summed E-state index contributed by atoms with van der Waals surface area (Å²) in [7, 11) is -3.41. The Balaban J connectivity index is 1.88. The number of halogens is 6. The Labute approximate surface area is 246 Å². The summed E-state index contributed by atoms with van der Waals surface area (Å²) < 4.78 is 96.1. The van der Waals surface area contributed by atoms with Gasteiger partial charge in [0.25, 0.3) is 5.91 Å². The Morgan fingerprint density at radius 1 is 1.31 bits per heavy atom. The molecule has 8 nitrogen and oxygen atoms in total. The summed E-state index contributed by atoms with van der Waals surface area (Å²) in [6, 6.07) is 3.74. The van der Waals surface area contributed by atoms with Crippen LogP contribution in [0.3, 0.4) is 0 Å². The summed E-state index contributed by atoms with van der Waals surface area (Å²) in [5, 5.41) is 17.3. The van der Waals surface area contributed by atoms with E-state index in [1.807, 2.05) is 0 Å². The second kappa shape index (κ2) is 12.3. The van der Waals surface area contributed by atoms with Crippen LogP contribution in [0.15, 0.2) is 18.2 Å². The van der Waals surface area contributed by atoms with Crippen molar-refractivity contribution in [2.45, 2.75) is 83.6 Å². The number of ether oxygens (including phenoxy) is 1. The molecule has 0 unspecified atom stereocenters. The number of carbonyl (C=O) groups excluding carboxylic acids is 1. The van der Waals surface area contributed by atoms with Crippen molar-refractivity contribution in [2.75, 3.05) is 12.8 Å². The van der Waals surface area contributed by atoms with E-state index in [9.17, 15) is 40.3 Å². The topological polar surface area (TPSA) is 111 Å². The molecule has 3 rings (SSSR count). The van der Waals surface area contributed by atoms with E-state index < -0.39 is 62.9 Å². The third-order valence-corrected chi connectivity index (χ3v) is 10.5. The van der Waals surface area contributed by atoms with E-state index in [0.29, 0.717) is 12.8 Å². The number of aliphatic hydroxyl groups excluding tert-OH is 1. The number of hydrogen-bond donors (Lipinski definition) is 2. The molecule has 1 aromatic heterocycles. The lowest BCUT2D eigenvalue weighted by Crippen LogP contribution is -2.47. The Morgan fingerprint density at radius 3 is 2.48 bits per heavy atom. The van der Waals surface area contributed by atoms with Crippen LogP contribution in [-0.2, 0) is 22.8 Å². The van der Waals surface area contributed by atoms with Gasteiger partial charge in [0.05, 0.1) is 27.0 Å². The first-order valence-electron chi connectivity index (χ1n) is 13.3. The fraction of sp³-hybridized carbons (Fsp3) is 0.630. The van der Waals surface area contributed by atoms with Gasteiger partial charge in [-0.2, -0.15) is 27.1 Å². The largest absolute Gasteiger partial charge is 0.434 e. The number of amides is 1.